The number of rotatable bonds is 1. The number of carbonyl (C=O) groups is 2. The van der Waals surface area contributed by atoms with Crippen molar-refractivity contribution in [3.05, 3.63) is 34.3 Å². The Morgan fingerprint density at radius 2 is 2.20 bits per heavy atom. The SMILES string of the molecule is Cc1ccc(C2C(=O)NC3(CCCOC3)C2=O)c(Cl)c1. The summed E-state index contributed by atoms with van der Waals surface area (Å²) in [5, 5.41) is 3.30. The average molecular weight is 294 g/mol. The largest absolute Gasteiger partial charge is 0.379 e. The van der Waals surface area contributed by atoms with E-state index in [2.05, 4.69) is 5.32 Å². The van der Waals surface area contributed by atoms with Gasteiger partial charge in [0.25, 0.3) is 0 Å². The fraction of sp³-hybridized carbons (Fsp3) is 0.467. The normalized spacial score (nSPS) is 29.8. The molecule has 2 saturated heterocycles. The molecule has 1 aromatic rings. The van der Waals surface area contributed by atoms with E-state index in [4.69, 9.17) is 16.3 Å². The van der Waals surface area contributed by atoms with E-state index in [1.807, 2.05) is 13.0 Å². The van der Waals surface area contributed by atoms with Gasteiger partial charge in [-0.1, -0.05) is 23.7 Å². The molecule has 1 spiro atoms. The summed E-state index contributed by atoms with van der Waals surface area (Å²) in [6.07, 6.45) is 1.41. The van der Waals surface area contributed by atoms with Gasteiger partial charge in [-0.2, -0.15) is 0 Å². The molecule has 2 aliphatic rings. The number of carbonyl (C=O) groups excluding carboxylic acids is 2. The number of Topliss-reactive ketones (excluding diaryl/α,β-unsaturated/α-hetero) is 1. The van der Waals surface area contributed by atoms with Crippen LogP contribution in [0.5, 0.6) is 0 Å². The van der Waals surface area contributed by atoms with E-state index in [0.717, 1.165) is 12.0 Å². The first-order chi connectivity index (χ1) is 9.53. The minimum atomic E-state index is -0.853. The van der Waals surface area contributed by atoms with Gasteiger partial charge in [-0.25, -0.2) is 0 Å². The summed E-state index contributed by atoms with van der Waals surface area (Å²) in [5.41, 5.74) is 0.733. The third kappa shape index (κ3) is 2.03. The number of ether oxygens (including phenoxy) is 1. The van der Waals surface area contributed by atoms with Gasteiger partial charge in [0, 0.05) is 11.6 Å². The fourth-order valence-electron chi connectivity index (χ4n) is 3.00. The van der Waals surface area contributed by atoms with E-state index in [9.17, 15) is 9.59 Å². The molecule has 2 aliphatic heterocycles. The summed E-state index contributed by atoms with van der Waals surface area (Å²) >= 11 is 6.20. The molecule has 1 aromatic carbocycles. The predicted octanol–water partition coefficient (Wildman–Crippen LogP) is 1.98. The van der Waals surface area contributed by atoms with Crippen molar-refractivity contribution in [2.45, 2.75) is 31.2 Å². The van der Waals surface area contributed by atoms with Crippen LogP contribution in [0.25, 0.3) is 0 Å². The van der Waals surface area contributed by atoms with Crippen molar-refractivity contribution in [3.63, 3.8) is 0 Å². The zero-order chi connectivity index (χ0) is 14.3. The van der Waals surface area contributed by atoms with Crippen LogP contribution in [0.4, 0.5) is 0 Å². The van der Waals surface area contributed by atoms with Gasteiger partial charge in [-0.3, -0.25) is 9.59 Å². The highest BCUT2D eigenvalue weighted by Crippen LogP contribution is 2.37. The zero-order valence-corrected chi connectivity index (χ0v) is 12.0. The summed E-state index contributed by atoms with van der Waals surface area (Å²) in [5.74, 6) is -1.20. The molecule has 106 valence electrons. The van der Waals surface area contributed by atoms with Crippen molar-refractivity contribution in [3.8, 4) is 0 Å². The van der Waals surface area contributed by atoms with E-state index in [0.29, 0.717) is 23.6 Å². The van der Waals surface area contributed by atoms with E-state index in [1.165, 1.54) is 0 Å². The number of amides is 1. The zero-order valence-electron chi connectivity index (χ0n) is 11.2. The van der Waals surface area contributed by atoms with Crippen LogP contribution in [0.2, 0.25) is 5.02 Å². The lowest BCUT2D eigenvalue weighted by atomic mass is 9.83. The molecule has 1 amide bonds. The first-order valence-corrected chi connectivity index (χ1v) is 7.11. The van der Waals surface area contributed by atoms with Crippen molar-refractivity contribution >= 4 is 23.3 Å². The second kappa shape index (κ2) is 4.86. The Morgan fingerprint density at radius 1 is 1.40 bits per heavy atom. The van der Waals surface area contributed by atoms with Gasteiger partial charge >= 0.3 is 0 Å². The highest BCUT2D eigenvalue weighted by atomic mass is 35.5. The number of nitrogens with one attached hydrogen (secondary N) is 1. The lowest BCUT2D eigenvalue weighted by molar-refractivity contribution is -0.128. The second-order valence-corrected chi connectivity index (χ2v) is 5.96. The standard InChI is InChI=1S/C15H16ClNO3/c1-9-3-4-10(11(16)7-9)12-13(18)15(17-14(12)19)5-2-6-20-8-15/h3-4,7,12H,2,5-6,8H2,1H3,(H,17,19). The number of ketones is 1. The number of benzene rings is 1. The molecular weight excluding hydrogens is 278 g/mol. The molecule has 0 aliphatic carbocycles. The smallest absolute Gasteiger partial charge is 0.236 e. The minimum Gasteiger partial charge on any atom is -0.379 e. The molecule has 0 radical (unpaired) electrons. The number of aryl methyl sites for hydroxylation is 1. The molecule has 2 heterocycles. The van der Waals surface area contributed by atoms with Crippen molar-refractivity contribution in [1.82, 2.24) is 5.32 Å². The molecule has 0 aromatic heterocycles. The Hall–Kier alpha value is -1.39. The molecule has 3 rings (SSSR count). The van der Waals surface area contributed by atoms with E-state index in [-0.39, 0.29) is 18.3 Å². The van der Waals surface area contributed by atoms with Gasteiger partial charge in [0.05, 0.1) is 6.61 Å². The van der Waals surface area contributed by atoms with Gasteiger partial charge in [0.15, 0.2) is 5.78 Å². The Bertz CT molecular complexity index is 578. The molecule has 4 nitrogen and oxygen atoms in total. The molecule has 2 atom stereocenters. The quantitative estimate of drug-likeness (QED) is 0.806. The second-order valence-electron chi connectivity index (χ2n) is 5.55. The molecular formula is C15H16ClNO3. The van der Waals surface area contributed by atoms with Crippen molar-refractivity contribution in [2.24, 2.45) is 0 Å². The van der Waals surface area contributed by atoms with Crippen molar-refractivity contribution in [1.29, 1.82) is 0 Å². The van der Waals surface area contributed by atoms with E-state index < -0.39 is 11.5 Å². The fourth-order valence-corrected chi connectivity index (χ4v) is 3.35. The number of halogens is 1. The number of hydrogen-bond acceptors (Lipinski definition) is 3. The highest BCUT2D eigenvalue weighted by Gasteiger charge is 2.54. The first kappa shape index (κ1) is 13.6. The molecule has 5 heteroatoms. The van der Waals surface area contributed by atoms with Gasteiger partial charge < -0.3 is 10.1 Å². The molecule has 2 fully saturated rings. The molecule has 2 unspecified atom stereocenters. The third-order valence-corrected chi connectivity index (χ3v) is 4.39. The van der Waals surface area contributed by atoms with Crippen molar-refractivity contribution in [2.75, 3.05) is 13.2 Å². The summed E-state index contributed by atoms with van der Waals surface area (Å²) in [6, 6.07) is 5.41. The maximum atomic E-state index is 12.7. The van der Waals surface area contributed by atoms with Crippen LogP contribution in [-0.2, 0) is 14.3 Å². The summed E-state index contributed by atoms with van der Waals surface area (Å²) in [4.78, 5) is 25.0. The summed E-state index contributed by atoms with van der Waals surface area (Å²) in [7, 11) is 0. The van der Waals surface area contributed by atoms with Crippen LogP contribution in [0.15, 0.2) is 18.2 Å². The maximum Gasteiger partial charge on any atom is 0.236 e. The van der Waals surface area contributed by atoms with Crippen molar-refractivity contribution < 1.29 is 14.3 Å². The minimum absolute atomic E-state index is 0.118. The summed E-state index contributed by atoms with van der Waals surface area (Å²) in [6.45, 7) is 2.82. The Balaban J connectivity index is 1.98. The van der Waals surface area contributed by atoms with Crippen LogP contribution < -0.4 is 5.32 Å². The van der Waals surface area contributed by atoms with Crippen LogP contribution >= 0.6 is 11.6 Å². The van der Waals surface area contributed by atoms with E-state index in [1.54, 1.807) is 12.1 Å². The van der Waals surface area contributed by atoms with Crippen LogP contribution in [0.3, 0.4) is 0 Å². The molecule has 20 heavy (non-hydrogen) atoms. The Labute approximate surface area is 122 Å². The molecule has 0 saturated carbocycles. The van der Waals surface area contributed by atoms with Crippen LogP contribution in [0, 0.1) is 6.92 Å². The molecule has 1 N–H and O–H groups in total. The molecule has 0 bridgehead atoms. The highest BCUT2D eigenvalue weighted by molar-refractivity contribution is 6.32. The van der Waals surface area contributed by atoms with E-state index >= 15 is 0 Å². The Morgan fingerprint density at radius 3 is 2.85 bits per heavy atom. The maximum absolute atomic E-state index is 12.7. The Kier molecular flexibility index (Phi) is 3.30. The van der Waals surface area contributed by atoms with Gasteiger partial charge in [0.2, 0.25) is 5.91 Å². The number of hydrogen-bond donors (Lipinski definition) is 1. The van der Waals surface area contributed by atoms with Crippen LogP contribution in [0.1, 0.15) is 29.9 Å². The van der Waals surface area contributed by atoms with Crippen LogP contribution in [-0.4, -0.2) is 30.4 Å². The van der Waals surface area contributed by atoms with Gasteiger partial charge in [0.1, 0.15) is 11.5 Å². The van der Waals surface area contributed by atoms with Gasteiger partial charge in [-0.05, 0) is 37.0 Å². The summed E-state index contributed by atoms with van der Waals surface area (Å²) < 4.78 is 5.39. The predicted molar refractivity (Wildman–Crippen MR) is 74.9 cm³/mol. The lowest BCUT2D eigenvalue weighted by Gasteiger charge is -2.31. The monoisotopic (exact) mass is 293 g/mol. The topological polar surface area (TPSA) is 55.4 Å². The third-order valence-electron chi connectivity index (χ3n) is 4.07. The first-order valence-electron chi connectivity index (χ1n) is 6.74. The lowest BCUT2D eigenvalue weighted by Crippen LogP contribution is -2.52. The van der Waals surface area contributed by atoms with Gasteiger partial charge in [-0.15, -0.1) is 0 Å². The average Bonchev–Trinajstić information content (AvgIpc) is 2.63.